The average Bonchev–Trinajstić information content (AvgIpc) is 2.07. The molecule has 0 saturated heterocycles. The minimum Gasteiger partial charge on any atom is -0.348 e. The number of amides is 1. The summed E-state index contributed by atoms with van der Waals surface area (Å²) in [6.07, 6.45) is 9.75. The van der Waals surface area contributed by atoms with Gasteiger partial charge in [0.25, 0.3) is 0 Å². The molecule has 63 valence electrons. The summed E-state index contributed by atoms with van der Waals surface area (Å²) in [7, 11) is 0. The highest BCUT2D eigenvalue weighted by atomic mass is 16.1. The van der Waals surface area contributed by atoms with Gasteiger partial charge in [-0.1, -0.05) is 32.1 Å². The number of hydrogen-bond acceptors (Lipinski definition) is 1. The van der Waals surface area contributed by atoms with E-state index in [-0.39, 0.29) is 0 Å². The highest BCUT2D eigenvalue weighted by molar-refractivity contribution is 5.46. The van der Waals surface area contributed by atoms with Crippen molar-refractivity contribution in [2.75, 3.05) is 6.54 Å². The zero-order valence-electron chi connectivity index (χ0n) is 6.94. The molecule has 0 aromatic carbocycles. The molecule has 1 radical (unpaired) electrons. The van der Waals surface area contributed by atoms with Crippen LogP contribution in [0.5, 0.6) is 0 Å². The van der Waals surface area contributed by atoms with Gasteiger partial charge in [0.05, 0.1) is 0 Å². The molecule has 0 aromatic heterocycles. The fraction of sp³-hybridized carbons (Fsp3) is 0.889. The highest BCUT2D eigenvalue weighted by Gasteiger charge is 2.11. The first-order valence-electron chi connectivity index (χ1n) is 4.53. The van der Waals surface area contributed by atoms with E-state index < -0.39 is 0 Å². The lowest BCUT2D eigenvalue weighted by Crippen LogP contribution is -2.17. The zero-order chi connectivity index (χ0) is 7.94. The Labute approximate surface area is 68.4 Å². The first-order chi connectivity index (χ1) is 5.43. The van der Waals surface area contributed by atoms with Crippen molar-refractivity contribution < 1.29 is 4.79 Å². The topological polar surface area (TPSA) is 29.1 Å². The Hall–Kier alpha value is -0.530. The second-order valence-corrected chi connectivity index (χ2v) is 3.32. The van der Waals surface area contributed by atoms with E-state index >= 15 is 0 Å². The van der Waals surface area contributed by atoms with Crippen molar-refractivity contribution >= 4 is 6.41 Å². The van der Waals surface area contributed by atoms with E-state index in [1.807, 2.05) is 0 Å². The van der Waals surface area contributed by atoms with Crippen molar-refractivity contribution in [3.63, 3.8) is 0 Å². The van der Waals surface area contributed by atoms with Crippen LogP contribution in [0.25, 0.3) is 0 Å². The van der Waals surface area contributed by atoms with E-state index in [0.29, 0.717) is 0 Å². The smallest absolute Gasteiger partial charge is 0.309 e. The molecule has 0 heterocycles. The van der Waals surface area contributed by atoms with Crippen molar-refractivity contribution in [1.29, 1.82) is 0 Å². The molecule has 0 aliphatic heterocycles. The molecular formula is C9H16NO. The molecule has 1 N–H and O–H groups in total. The zero-order valence-corrected chi connectivity index (χ0v) is 6.94. The molecule has 1 amide bonds. The summed E-state index contributed by atoms with van der Waals surface area (Å²) in [6, 6.07) is 0. The SMILES string of the molecule is O=[C]NCCC1CCCCC1. The molecule has 1 saturated carbocycles. The first-order valence-corrected chi connectivity index (χ1v) is 4.53. The number of carbonyl (C=O) groups excluding carboxylic acids is 1. The van der Waals surface area contributed by atoms with Crippen molar-refractivity contribution in [2.24, 2.45) is 5.92 Å². The summed E-state index contributed by atoms with van der Waals surface area (Å²) < 4.78 is 0. The van der Waals surface area contributed by atoms with Gasteiger partial charge in [-0.25, -0.2) is 0 Å². The standard InChI is InChI=1S/C9H16NO/c11-8-10-7-6-9-4-2-1-3-5-9/h9H,1-7H2,(H,10,11). The largest absolute Gasteiger partial charge is 0.348 e. The lowest BCUT2D eigenvalue weighted by Gasteiger charge is -2.20. The molecule has 1 rings (SSSR count). The molecule has 1 aliphatic carbocycles. The maximum Gasteiger partial charge on any atom is 0.309 e. The molecule has 0 atom stereocenters. The predicted octanol–water partition coefficient (Wildman–Crippen LogP) is 1.61. The lowest BCUT2D eigenvalue weighted by atomic mass is 9.87. The van der Waals surface area contributed by atoms with E-state index in [4.69, 9.17) is 0 Å². The Kier molecular flexibility index (Phi) is 4.02. The maximum absolute atomic E-state index is 9.81. The lowest BCUT2D eigenvalue weighted by molar-refractivity contribution is 0.338. The molecule has 11 heavy (non-hydrogen) atoms. The third-order valence-corrected chi connectivity index (χ3v) is 2.47. The Morgan fingerprint density at radius 2 is 2.00 bits per heavy atom. The van der Waals surface area contributed by atoms with Crippen LogP contribution in [0.15, 0.2) is 0 Å². The fourth-order valence-corrected chi connectivity index (χ4v) is 1.80. The molecule has 0 unspecified atom stereocenters. The fourth-order valence-electron chi connectivity index (χ4n) is 1.80. The summed E-state index contributed by atoms with van der Waals surface area (Å²) >= 11 is 0. The van der Waals surface area contributed by atoms with Crippen LogP contribution in [-0.4, -0.2) is 13.0 Å². The Bertz CT molecular complexity index is 108. The van der Waals surface area contributed by atoms with Gasteiger partial charge in [-0.3, -0.25) is 4.79 Å². The first kappa shape index (κ1) is 8.57. The number of hydrogen-bond donors (Lipinski definition) is 1. The predicted molar refractivity (Wildman–Crippen MR) is 44.9 cm³/mol. The highest BCUT2D eigenvalue weighted by Crippen LogP contribution is 2.25. The number of rotatable bonds is 4. The van der Waals surface area contributed by atoms with E-state index in [0.717, 1.165) is 18.9 Å². The molecule has 1 aliphatic rings. The Morgan fingerprint density at radius 3 is 2.64 bits per heavy atom. The van der Waals surface area contributed by atoms with Crippen LogP contribution in [0.3, 0.4) is 0 Å². The molecule has 2 nitrogen and oxygen atoms in total. The van der Waals surface area contributed by atoms with Crippen LogP contribution in [-0.2, 0) is 4.79 Å². The Balaban J connectivity index is 2.00. The average molecular weight is 154 g/mol. The van der Waals surface area contributed by atoms with Crippen LogP contribution in [0.1, 0.15) is 38.5 Å². The van der Waals surface area contributed by atoms with E-state index in [9.17, 15) is 4.79 Å². The number of nitrogens with one attached hydrogen (secondary N) is 1. The van der Waals surface area contributed by atoms with E-state index in [1.165, 1.54) is 32.1 Å². The molecule has 2 heteroatoms. The minimum atomic E-state index is 0.814. The van der Waals surface area contributed by atoms with Gasteiger partial charge in [0.2, 0.25) is 0 Å². The van der Waals surface area contributed by atoms with Crippen LogP contribution < -0.4 is 5.32 Å². The summed E-state index contributed by atoms with van der Waals surface area (Å²) in [4.78, 5) is 9.81. The summed E-state index contributed by atoms with van der Waals surface area (Å²) in [5, 5.41) is 2.59. The minimum absolute atomic E-state index is 0.814. The van der Waals surface area contributed by atoms with Gasteiger partial charge < -0.3 is 5.32 Å². The van der Waals surface area contributed by atoms with Gasteiger partial charge in [-0.05, 0) is 12.3 Å². The van der Waals surface area contributed by atoms with Crippen molar-refractivity contribution in [3.05, 3.63) is 0 Å². The third kappa shape index (κ3) is 3.40. The van der Waals surface area contributed by atoms with Crippen molar-refractivity contribution in [1.82, 2.24) is 5.32 Å². The van der Waals surface area contributed by atoms with Gasteiger partial charge in [0.15, 0.2) is 0 Å². The second kappa shape index (κ2) is 5.16. The van der Waals surface area contributed by atoms with E-state index in [2.05, 4.69) is 5.32 Å². The molecule has 1 fully saturated rings. The van der Waals surface area contributed by atoms with Crippen LogP contribution in [0.4, 0.5) is 0 Å². The van der Waals surface area contributed by atoms with Crippen molar-refractivity contribution in [2.45, 2.75) is 38.5 Å². The van der Waals surface area contributed by atoms with Crippen LogP contribution in [0.2, 0.25) is 0 Å². The molecule has 0 spiro atoms. The van der Waals surface area contributed by atoms with Gasteiger partial charge >= 0.3 is 6.41 Å². The van der Waals surface area contributed by atoms with E-state index in [1.54, 1.807) is 6.41 Å². The van der Waals surface area contributed by atoms with Gasteiger partial charge in [-0.15, -0.1) is 0 Å². The van der Waals surface area contributed by atoms with Crippen LogP contribution >= 0.6 is 0 Å². The van der Waals surface area contributed by atoms with Crippen LogP contribution in [0, 0.1) is 5.92 Å². The quantitative estimate of drug-likeness (QED) is 0.484. The monoisotopic (exact) mass is 154 g/mol. The van der Waals surface area contributed by atoms with Gasteiger partial charge in [0, 0.05) is 6.54 Å². The summed E-state index contributed by atoms with van der Waals surface area (Å²) in [6.45, 7) is 0.814. The van der Waals surface area contributed by atoms with Gasteiger partial charge in [-0.2, -0.15) is 0 Å². The molecule has 0 aromatic rings. The second-order valence-electron chi connectivity index (χ2n) is 3.32. The summed E-state index contributed by atoms with van der Waals surface area (Å²) in [5.41, 5.74) is 0. The molecular weight excluding hydrogens is 138 g/mol. The maximum atomic E-state index is 9.81. The normalized spacial score (nSPS) is 19.6. The third-order valence-electron chi connectivity index (χ3n) is 2.47. The Morgan fingerprint density at radius 1 is 1.27 bits per heavy atom. The van der Waals surface area contributed by atoms with Gasteiger partial charge in [0.1, 0.15) is 0 Å². The van der Waals surface area contributed by atoms with Crippen molar-refractivity contribution in [3.8, 4) is 0 Å². The molecule has 0 bridgehead atoms. The summed E-state index contributed by atoms with van der Waals surface area (Å²) in [5.74, 6) is 0.865.